The van der Waals surface area contributed by atoms with Crippen LogP contribution < -0.4 is 5.32 Å². The van der Waals surface area contributed by atoms with Gasteiger partial charge in [0.25, 0.3) is 0 Å². The van der Waals surface area contributed by atoms with Crippen molar-refractivity contribution in [1.29, 1.82) is 0 Å². The second-order valence-corrected chi connectivity index (χ2v) is 3.65. The summed E-state index contributed by atoms with van der Waals surface area (Å²) in [5.41, 5.74) is 1.67. The summed E-state index contributed by atoms with van der Waals surface area (Å²) in [6, 6.07) is 7.27. The number of rotatable bonds is 4. The van der Waals surface area contributed by atoms with Gasteiger partial charge in [0.15, 0.2) is 0 Å². The van der Waals surface area contributed by atoms with Crippen molar-refractivity contribution in [2.75, 3.05) is 11.9 Å². The first-order chi connectivity index (χ1) is 6.22. The molecule has 13 heavy (non-hydrogen) atoms. The van der Waals surface area contributed by atoms with E-state index in [2.05, 4.69) is 5.32 Å². The van der Waals surface area contributed by atoms with Crippen molar-refractivity contribution in [3.63, 3.8) is 0 Å². The molecular weight excluding hydrogens is 186 g/mol. The lowest BCUT2D eigenvalue weighted by molar-refractivity contribution is 0.112. The summed E-state index contributed by atoms with van der Waals surface area (Å²) < 4.78 is 0. The summed E-state index contributed by atoms with van der Waals surface area (Å²) in [5, 5.41) is 3.25. The zero-order valence-corrected chi connectivity index (χ0v) is 8.21. The van der Waals surface area contributed by atoms with Gasteiger partial charge in [0, 0.05) is 23.2 Å². The molecule has 0 aliphatic rings. The van der Waals surface area contributed by atoms with Crippen LogP contribution >= 0.6 is 11.6 Å². The molecule has 1 aromatic rings. The van der Waals surface area contributed by atoms with Crippen molar-refractivity contribution in [2.45, 2.75) is 12.3 Å². The topological polar surface area (TPSA) is 29.1 Å². The fourth-order valence-corrected chi connectivity index (χ4v) is 1.02. The van der Waals surface area contributed by atoms with Crippen LogP contribution in [0.3, 0.4) is 0 Å². The summed E-state index contributed by atoms with van der Waals surface area (Å²) >= 11 is 5.77. The third-order valence-corrected chi connectivity index (χ3v) is 1.79. The lowest BCUT2D eigenvalue weighted by atomic mass is 10.2. The number of hydrogen-bond acceptors (Lipinski definition) is 2. The minimum atomic E-state index is 0.103. The van der Waals surface area contributed by atoms with Gasteiger partial charge in [-0.2, -0.15) is 0 Å². The molecule has 0 spiro atoms. The molecule has 0 aromatic heterocycles. The van der Waals surface area contributed by atoms with Crippen LogP contribution in [0.2, 0.25) is 0 Å². The molecule has 1 N–H and O–H groups in total. The average molecular weight is 198 g/mol. The van der Waals surface area contributed by atoms with Crippen LogP contribution in [-0.2, 0) is 0 Å². The van der Waals surface area contributed by atoms with Crippen molar-refractivity contribution < 1.29 is 4.79 Å². The normalized spacial score (nSPS) is 12.2. The molecular formula is C10H12ClNO. The van der Waals surface area contributed by atoms with E-state index in [0.717, 1.165) is 18.5 Å². The van der Waals surface area contributed by atoms with Gasteiger partial charge in [0.2, 0.25) is 0 Å². The molecule has 2 nitrogen and oxygen atoms in total. The van der Waals surface area contributed by atoms with Crippen molar-refractivity contribution in [2.24, 2.45) is 0 Å². The first-order valence-corrected chi connectivity index (χ1v) is 4.59. The lowest BCUT2D eigenvalue weighted by Gasteiger charge is -2.07. The van der Waals surface area contributed by atoms with Gasteiger partial charge in [-0.15, -0.1) is 11.6 Å². The zero-order valence-electron chi connectivity index (χ0n) is 7.46. The third-order valence-electron chi connectivity index (χ3n) is 1.63. The SMILES string of the molecule is CC(Cl)CNc1ccc(C=O)cc1. The fourth-order valence-electron chi connectivity index (χ4n) is 0.938. The molecule has 1 unspecified atom stereocenters. The predicted octanol–water partition coefficient (Wildman–Crippen LogP) is 2.54. The Hall–Kier alpha value is -1.02. The number of nitrogens with one attached hydrogen (secondary N) is 1. The molecule has 70 valence electrons. The third kappa shape index (κ3) is 3.47. The maximum absolute atomic E-state index is 10.3. The van der Waals surface area contributed by atoms with Crippen molar-refractivity contribution in [1.82, 2.24) is 0 Å². The van der Waals surface area contributed by atoms with Gasteiger partial charge in [0.05, 0.1) is 0 Å². The highest BCUT2D eigenvalue weighted by atomic mass is 35.5. The Labute approximate surface area is 82.9 Å². The molecule has 1 rings (SSSR count). The van der Waals surface area contributed by atoms with Gasteiger partial charge in [-0.05, 0) is 31.2 Å². The molecule has 0 radical (unpaired) electrons. The van der Waals surface area contributed by atoms with E-state index < -0.39 is 0 Å². The van der Waals surface area contributed by atoms with Crippen molar-refractivity contribution in [3.8, 4) is 0 Å². The highest BCUT2D eigenvalue weighted by Gasteiger charge is 1.96. The number of carbonyl (C=O) groups is 1. The Kier molecular flexibility index (Phi) is 3.77. The molecule has 1 atom stereocenters. The minimum Gasteiger partial charge on any atom is -0.384 e. The van der Waals surface area contributed by atoms with Crippen molar-refractivity contribution >= 4 is 23.6 Å². The molecule has 3 heteroatoms. The van der Waals surface area contributed by atoms with Crippen LogP contribution in [0.15, 0.2) is 24.3 Å². The van der Waals surface area contributed by atoms with E-state index in [9.17, 15) is 4.79 Å². The molecule has 0 bridgehead atoms. The molecule has 0 fully saturated rings. The van der Waals surface area contributed by atoms with Crippen LogP contribution in [0, 0.1) is 0 Å². The van der Waals surface area contributed by atoms with Gasteiger partial charge < -0.3 is 5.32 Å². The smallest absolute Gasteiger partial charge is 0.150 e. The number of halogens is 1. The highest BCUT2D eigenvalue weighted by Crippen LogP contribution is 2.08. The second kappa shape index (κ2) is 4.87. The van der Waals surface area contributed by atoms with Crippen LogP contribution in [0.4, 0.5) is 5.69 Å². The summed E-state index contributed by atoms with van der Waals surface area (Å²) in [6.45, 7) is 2.65. The molecule has 0 heterocycles. The average Bonchev–Trinajstić information content (AvgIpc) is 2.15. The van der Waals surface area contributed by atoms with Crippen LogP contribution in [0.5, 0.6) is 0 Å². The Morgan fingerprint density at radius 3 is 2.54 bits per heavy atom. The minimum absolute atomic E-state index is 0.103. The zero-order chi connectivity index (χ0) is 9.68. The Balaban J connectivity index is 2.54. The number of anilines is 1. The quantitative estimate of drug-likeness (QED) is 0.594. The van der Waals surface area contributed by atoms with Crippen LogP contribution in [-0.4, -0.2) is 18.2 Å². The Bertz CT molecular complexity index is 269. The molecule has 0 aliphatic heterocycles. The number of hydrogen-bond donors (Lipinski definition) is 1. The van der Waals surface area contributed by atoms with Gasteiger partial charge >= 0.3 is 0 Å². The molecule has 0 amide bonds. The molecule has 0 aliphatic carbocycles. The van der Waals surface area contributed by atoms with Gasteiger partial charge in [-0.25, -0.2) is 0 Å². The van der Waals surface area contributed by atoms with E-state index in [4.69, 9.17) is 11.6 Å². The summed E-state index contributed by atoms with van der Waals surface area (Å²) in [5.74, 6) is 0. The maximum Gasteiger partial charge on any atom is 0.150 e. The largest absolute Gasteiger partial charge is 0.384 e. The van der Waals surface area contributed by atoms with E-state index in [1.165, 1.54) is 0 Å². The molecule has 0 saturated heterocycles. The van der Waals surface area contributed by atoms with E-state index in [0.29, 0.717) is 5.56 Å². The number of benzene rings is 1. The first-order valence-electron chi connectivity index (χ1n) is 4.15. The van der Waals surface area contributed by atoms with E-state index in [1.54, 1.807) is 12.1 Å². The fraction of sp³-hybridized carbons (Fsp3) is 0.300. The van der Waals surface area contributed by atoms with Gasteiger partial charge in [-0.1, -0.05) is 0 Å². The second-order valence-electron chi connectivity index (χ2n) is 2.90. The van der Waals surface area contributed by atoms with E-state index >= 15 is 0 Å². The molecule has 1 aromatic carbocycles. The highest BCUT2D eigenvalue weighted by molar-refractivity contribution is 6.20. The summed E-state index contributed by atoms with van der Waals surface area (Å²) in [6.07, 6.45) is 0.827. The van der Waals surface area contributed by atoms with Gasteiger partial charge in [-0.3, -0.25) is 4.79 Å². The maximum atomic E-state index is 10.3. The number of aldehydes is 1. The van der Waals surface area contributed by atoms with Crippen LogP contribution in [0.25, 0.3) is 0 Å². The predicted molar refractivity (Wildman–Crippen MR) is 55.6 cm³/mol. The van der Waals surface area contributed by atoms with Crippen LogP contribution in [0.1, 0.15) is 17.3 Å². The Morgan fingerprint density at radius 1 is 1.46 bits per heavy atom. The molecule has 0 saturated carbocycles. The monoisotopic (exact) mass is 197 g/mol. The van der Waals surface area contributed by atoms with Crippen molar-refractivity contribution in [3.05, 3.63) is 29.8 Å². The van der Waals surface area contributed by atoms with Gasteiger partial charge in [0.1, 0.15) is 6.29 Å². The number of alkyl halides is 1. The first kappa shape index (κ1) is 10.1. The Morgan fingerprint density at radius 2 is 2.08 bits per heavy atom. The van der Waals surface area contributed by atoms with E-state index in [-0.39, 0.29) is 5.38 Å². The standard InChI is InChI=1S/C10H12ClNO/c1-8(11)6-12-10-4-2-9(7-13)3-5-10/h2-5,7-8,12H,6H2,1H3. The lowest BCUT2D eigenvalue weighted by Crippen LogP contribution is -2.10. The summed E-state index contributed by atoms with van der Waals surface area (Å²) in [4.78, 5) is 10.3. The van der Waals surface area contributed by atoms with E-state index in [1.807, 2.05) is 19.1 Å². The summed E-state index contributed by atoms with van der Waals surface area (Å²) in [7, 11) is 0. The number of carbonyl (C=O) groups excluding carboxylic acids is 1.